The summed E-state index contributed by atoms with van der Waals surface area (Å²) in [5.74, 6) is -0.443. The molecule has 1 unspecified atom stereocenters. The van der Waals surface area contributed by atoms with Crippen LogP contribution >= 0.6 is 11.8 Å². The van der Waals surface area contributed by atoms with E-state index < -0.39 is 5.97 Å². The summed E-state index contributed by atoms with van der Waals surface area (Å²) < 4.78 is 5.38. The summed E-state index contributed by atoms with van der Waals surface area (Å²) in [6, 6.07) is 13.0. The minimum Gasteiger partial charge on any atom is -0.457 e. The maximum Gasteiger partial charge on any atom is 0.338 e. The second-order valence-corrected chi connectivity index (χ2v) is 6.85. The van der Waals surface area contributed by atoms with Crippen molar-refractivity contribution in [1.82, 2.24) is 0 Å². The van der Waals surface area contributed by atoms with Crippen LogP contribution in [0.1, 0.15) is 28.4 Å². The van der Waals surface area contributed by atoms with Gasteiger partial charge in [0.15, 0.2) is 0 Å². The van der Waals surface area contributed by atoms with Gasteiger partial charge in [-0.25, -0.2) is 4.79 Å². The molecule has 0 bridgehead atoms. The summed E-state index contributed by atoms with van der Waals surface area (Å²) >= 11 is 1.49. The third-order valence-electron chi connectivity index (χ3n) is 3.77. The van der Waals surface area contributed by atoms with Gasteiger partial charge in [-0.2, -0.15) is 0 Å². The number of benzene rings is 2. The molecule has 1 amide bonds. The second kappa shape index (κ2) is 6.46. The summed E-state index contributed by atoms with van der Waals surface area (Å²) in [5, 5.41) is 2.70. The van der Waals surface area contributed by atoms with Gasteiger partial charge in [0.2, 0.25) is 5.91 Å². The Balaban J connectivity index is 1.72. The highest BCUT2D eigenvalue weighted by atomic mass is 32.2. The highest BCUT2D eigenvalue weighted by molar-refractivity contribution is 8.00. The molecule has 0 saturated carbocycles. The summed E-state index contributed by atoms with van der Waals surface area (Å²) in [4.78, 5) is 24.9. The lowest BCUT2D eigenvalue weighted by atomic mass is 10.1. The molecule has 0 spiro atoms. The molecule has 1 atom stereocenters. The third-order valence-corrected chi connectivity index (χ3v) is 4.94. The lowest BCUT2D eigenvalue weighted by Gasteiger charge is -2.21. The molecular weight excluding hydrogens is 310 g/mol. The zero-order chi connectivity index (χ0) is 16.4. The molecule has 4 nitrogen and oxygen atoms in total. The minimum absolute atomic E-state index is 0.0482. The highest BCUT2D eigenvalue weighted by Crippen LogP contribution is 2.36. The first-order valence-electron chi connectivity index (χ1n) is 7.38. The van der Waals surface area contributed by atoms with E-state index in [9.17, 15) is 9.59 Å². The monoisotopic (exact) mass is 327 g/mol. The van der Waals surface area contributed by atoms with Crippen LogP contribution in [0.4, 0.5) is 5.69 Å². The van der Waals surface area contributed by atoms with Gasteiger partial charge in [-0.15, -0.1) is 11.8 Å². The maximum absolute atomic E-state index is 12.2. The van der Waals surface area contributed by atoms with Crippen molar-refractivity contribution in [1.29, 1.82) is 0 Å². The van der Waals surface area contributed by atoms with Gasteiger partial charge in [0.1, 0.15) is 6.61 Å². The van der Waals surface area contributed by atoms with Gasteiger partial charge in [0.25, 0.3) is 0 Å². The van der Waals surface area contributed by atoms with Gasteiger partial charge in [-0.3, -0.25) is 4.79 Å². The van der Waals surface area contributed by atoms with Gasteiger partial charge >= 0.3 is 5.97 Å². The number of esters is 1. The molecule has 2 aromatic carbocycles. The Kier molecular flexibility index (Phi) is 4.39. The lowest BCUT2D eigenvalue weighted by molar-refractivity contribution is -0.115. The molecule has 1 aliphatic rings. The van der Waals surface area contributed by atoms with Crippen molar-refractivity contribution in [3.63, 3.8) is 0 Å². The quantitative estimate of drug-likeness (QED) is 0.872. The fourth-order valence-electron chi connectivity index (χ4n) is 2.33. The van der Waals surface area contributed by atoms with E-state index in [4.69, 9.17) is 4.74 Å². The van der Waals surface area contributed by atoms with Gasteiger partial charge in [0, 0.05) is 4.90 Å². The third kappa shape index (κ3) is 3.40. The van der Waals surface area contributed by atoms with E-state index in [-0.39, 0.29) is 17.8 Å². The number of carbonyl (C=O) groups is 2. The molecule has 1 heterocycles. The van der Waals surface area contributed by atoms with Crippen LogP contribution < -0.4 is 5.32 Å². The number of rotatable bonds is 3. The number of hydrogen-bond donors (Lipinski definition) is 1. The molecule has 3 rings (SSSR count). The van der Waals surface area contributed by atoms with Crippen molar-refractivity contribution in [2.45, 2.75) is 30.6 Å². The molecule has 0 aromatic heterocycles. The average molecular weight is 327 g/mol. The average Bonchev–Trinajstić information content (AvgIpc) is 2.54. The minimum atomic E-state index is -0.395. The number of ether oxygens (including phenoxy) is 1. The normalized spacial score (nSPS) is 16.4. The van der Waals surface area contributed by atoms with Crippen LogP contribution in [-0.4, -0.2) is 17.1 Å². The van der Waals surface area contributed by atoms with Crippen molar-refractivity contribution in [2.75, 3.05) is 5.32 Å². The Morgan fingerprint density at radius 3 is 2.83 bits per heavy atom. The van der Waals surface area contributed by atoms with Crippen LogP contribution in [0.5, 0.6) is 0 Å². The van der Waals surface area contributed by atoms with Crippen molar-refractivity contribution >= 4 is 29.3 Å². The number of aryl methyl sites for hydroxylation is 1. The fraction of sp³-hybridized carbons (Fsp3) is 0.222. The molecular formula is C18H17NO3S. The van der Waals surface area contributed by atoms with Crippen LogP contribution in [0.25, 0.3) is 0 Å². The van der Waals surface area contributed by atoms with Gasteiger partial charge in [-0.05, 0) is 43.2 Å². The zero-order valence-corrected chi connectivity index (χ0v) is 13.8. The molecule has 0 saturated heterocycles. The molecule has 0 radical (unpaired) electrons. The number of amides is 1. The molecule has 23 heavy (non-hydrogen) atoms. The molecule has 5 heteroatoms. The van der Waals surface area contributed by atoms with Gasteiger partial charge < -0.3 is 10.1 Å². The number of carbonyl (C=O) groups excluding carboxylic acids is 2. The van der Waals surface area contributed by atoms with Crippen LogP contribution in [0.3, 0.4) is 0 Å². The topological polar surface area (TPSA) is 55.4 Å². The van der Waals surface area contributed by atoms with Crippen molar-refractivity contribution < 1.29 is 14.3 Å². The number of fused-ring (bicyclic) bond motifs is 1. The summed E-state index contributed by atoms with van der Waals surface area (Å²) in [5.41, 5.74) is 3.18. The Morgan fingerprint density at radius 1 is 1.26 bits per heavy atom. The SMILES string of the molecule is Cc1ccccc1COC(=O)c1ccc2c(c1)NC(=O)C(C)S2. The predicted molar refractivity (Wildman–Crippen MR) is 90.7 cm³/mol. The standard InChI is InChI=1S/C18H17NO3S/c1-11-5-3-4-6-14(11)10-22-18(21)13-7-8-16-15(9-13)19-17(20)12(2)23-16/h3-9,12H,10H2,1-2H3,(H,19,20). The molecule has 1 N–H and O–H groups in total. The van der Waals surface area contributed by atoms with Crippen LogP contribution in [0.2, 0.25) is 0 Å². The van der Waals surface area contributed by atoms with Gasteiger partial charge in [0.05, 0.1) is 16.5 Å². The number of hydrogen-bond acceptors (Lipinski definition) is 4. The Bertz CT molecular complexity index is 773. The largest absolute Gasteiger partial charge is 0.457 e. The number of thioether (sulfide) groups is 1. The van der Waals surface area contributed by atoms with Crippen molar-refractivity contribution in [3.05, 3.63) is 59.2 Å². The van der Waals surface area contributed by atoms with E-state index in [1.807, 2.05) is 44.2 Å². The summed E-state index contributed by atoms with van der Waals surface area (Å²) in [7, 11) is 0. The number of anilines is 1. The summed E-state index contributed by atoms with van der Waals surface area (Å²) in [6.45, 7) is 4.07. The molecule has 118 valence electrons. The highest BCUT2D eigenvalue weighted by Gasteiger charge is 2.24. The van der Waals surface area contributed by atoms with E-state index in [0.717, 1.165) is 16.0 Å². The lowest BCUT2D eigenvalue weighted by Crippen LogP contribution is -2.26. The molecule has 2 aromatic rings. The predicted octanol–water partition coefficient (Wildman–Crippen LogP) is 3.78. The summed E-state index contributed by atoms with van der Waals surface area (Å²) in [6.07, 6.45) is 0. The van der Waals surface area contributed by atoms with Crippen molar-refractivity contribution in [2.24, 2.45) is 0 Å². The Morgan fingerprint density at radius 2 is 2.04 bits per heavy atom. The van der Waals surface area contributed by atoms with Crippen LogP contribution in [0.15, 0.2) is 47.4 Å². The maximum atomic E-state index is 12.2. The van der Waals surface area contributed by atoms with E-state index in [2.05, 4.69) is 5.32 Å². The fourth-order valence-corrected chi connectivity index (χ4v) is 3.26. The molecule has 0 fully saturated rings. The van der Waals surface area contributed by atoms with Crippen LogP contribution in [-0.2, 0) is 16.1 Å². The van der Waals surface area contributed by atoms with E-state index in [1.54, 1.807) is 12.1 Å². The first-order chi connectivity index (χ1) is 11.0. The van der Waals surface area contributed by atoms with E-state index >= 15 is 0 Å². The van der Waals surface area contributed by atoms with E-state index in [0.29, 0.717) is 11.3 Å². The Labute approximate surface area is 139 Å². The Hall–Kier alpha value is -2.27. The zero-order valence-electron chi connectivity index (χ0n) is 13.0. The second-order valence-electron chi connectivity index (χ2n) is 5.46. The van der Waals surface area contributed by atoms with Crippen molar-refractivity contribution in [3.8, 4) is 0 Å². The smallest absolute Gasteiger partial charge is 0.338 e. The van der Waals surface area contributed by atoms with Crippen LogP contribution in [0, 0.1) is 6.92 Å². The first kappa shape index (κ1) is 15.6. The first-order valence-corrected chi connectivity index (χ1v) is 8.26. The van der Waals surface area contributed by atoms with E-state index in [1.165, 1.54) is 11.8 Å². The molecule has 1 aliphatic heterocycles. The number of nitrogens with one attached hydrogen (secondary N) is 1. The molecule has 0 aliphatic carbocycles. The van der Waals surface area contributed by atoms with Gasteiger partial charge in [-0.1, -0.05) is 24.3 Å².